The van der Waals surface area contributed by atoms with Crippen molar-refractivity contribution in [2.24, 2.45) is 0 Å². The number of ether oxygens (including phenoxy) is 1. The molecule has 2 rings (SSSR count). The van der Waals surface area contributed by atoms with Crippen LogP contribution in [-0.2, 0) is 4.79 Å². The van der Waals surface area contributed by atoms with E-state index in [9.17, 15) is 9.90 Å². The smallest absolute Gasteiger partial charge is 0.331 e. The first-order chi connectivity index (χ1) is 11.9. The van der Waals surface area contributed by atoms with Crippen LogP contribution < -0.4 is 4.74 Å². The molecule has 0 spiro atoms. The molecule has 6 heteroatoms. The molecule has 1 aromatic heterocycles. The number of aromatic nitrogens is 2. The average molecular weight is 363 g/mol. The Bertz CT molecular complexity index is 768. The maximum Gasteiger partial charge on any atom is 0.331 e. The van der Waals surface area contributed by atoms with Gasteiger partial charge in [-0.3, -0.25) is 0 Å². The van der Waals surface area contributed by atoms with Gasteiger partial charge in [-0.25, -0.2) is 9.78 Å². The van der Waals surface area contributed by atoms with Gasteiger partial charge in [0.25, 0.3) is 0 Å². The van der Waals surface area contributed by atoms with Gasteiger partial charge in [0.15, 0.2) is 0 Å². The number of halogens is 1. The number of carboxylic acid groups (broad SMARTS) is 1. The van der Waals surface area contributed by atoms with E-state index in [1.165, 1.54) is 0 Å². The van der Waals surface area contributed by atoms with Crippen LogP contribution in [0.25, 0.3) is 11.8 Å². The quantitative estimate of drug-likeness (QED) is 0.556. The highest BCUT2D eigenvalue weighted by atomic mass is 35.5. The maximum absolute atomic E-state index is 11.5. The van der Waals surface area contributed by atoms with Crippen LogP contribution in [0.2, 0.25) is 0 Å². The number of benzene rings is 1. The fourth-order valence-electron chi connectivity index (χ4n) is 2.51. The van der Waals surface area contributed by atoms with E-state index in [1.807, 2.05) is 42.8 Å². The Balaban J connectivity index is 2.30. The molecule has 0 aliphatic carbocycles. The van der Waals surface area contributed by atoms with Crippen LogP contribution in [0.1, 0.15) is 37.4 Å². The molecule has 2 aromatic rings. The number of hydrogen-bond donors (Lipinski definition) is 1. The minimum absolute atomic E-state index is 0.0101. The van der Waals surface area contributed by atoms with Crippen molar-refractivity contribution in [1.82, 2.24) is 9.55 Å². The van der Waals surface area contributed by atoms with Crippen molar-refractivity contribution in [2.45, 2.75) is 38.5 Å². The number of carboxylic acids is 1. The summed E-state index contributed by atoms with van der Waals surface area (Å²) in [6, 6.07) is 5.58. The molecular formula is C19H23ClN2O3. The lowest BCUT2D eigenvalue weighted by Gasteiger charge is -2.11. The van der Waals surface area contributed by atoms with Crippen molar-refractivity contribution in [3.63, 3.8) is 0 Å². The van der Waals surface area contributed by atoms with E-state index in [1.54, 1.807) is 19.5 Å². The van der Waals surface area contributed by atoms with Crippen LogP contribution in [0.3, 0.4) is 0 Å². The van der Waals surface area contributed by atoms with Crippen molar-refractivity contribution in [2.75, 3.05) is 7.11 Å². The van der Waals surface area contributed by atoms with Gasteiger partial charge in [0.1, 0.15) is 5.75 Å². The number of aryl methyl sites for hydroxylation is 1. The first-order valence-electron chi connectivity index (χ1n) is 8.21. The fourth-order valence-corrected chi connectivity index (χ4v) is 2.62. The number of imidazole rings is 1. The molecule has 1 heterocycles. The van der Waals surface area contributed by atoms with E-state index in [4.69, 9.17) is 16.3 Å². The van der Waals surface area contributed by atoms with E-state index in [-0.39, 0.29) is 5.38 Å². The number of rotatable bonds is 8. The van der Waals surface area contributed by atoms with E-state index in [0.717, 1.165) is 23.4 Å². The van der Waals surface area contributed by atoms with Gasteiger partial charge in [-0.15, -0.1) is 11.6 Å². The van der Waals surface area contributed by atoms with Gasteiger partial charge in [-0.1, -0.05) is 13.0 Å². The second-order valence-corrected chi connectivity index (χ2v) is 6.49. The highest BCUT2D eigenvalue weighted by Crippen LogP contribution is 2.26. The van der Waals surface area contributed by atoms with Gasteiger partial charge in [0.05, 0.1) is 24.8 Å². The maximum atomic E-state index is 11.5. The third-order valence-corrected chi connectivity index (χ3v) is 4.51. The summed E-state index contributed by atoms with van der Waals surface area (Å²) in [5.74, 6) is -0.270. The molecule has 0 aliphatic rings. The van der Waals surface area contributed by atoms with Crippen LogP contribution in [0.15, 0.2) is 36.3 Å². The predicted molar refractivity (Wildman–Crippen MR) is 99.6 cm³/mol. The highest BCUT2D eigenvalue weighted by Gasteiger charge is 2.12. The molecule has 5 nitrogen and oxygen atoms in total. The first kappa shape index (κ1) is 19.1. The SMILES string of the molecule is CCC(Cl)CC/C(=C/c1ccc(-n2cnc(C)c2)c(OC)c1)C(=O)O. The number of hydrogen-bond acceptors (Lipinski definition) is 3. The molecular weight excluding hydrogens is 340 g/mol. The van der Waals surface area contributed by atoms with Crippen molar-refractivity contribution in [3.05, 3.63) is 47.6 Å². The number of carbonyl (C=O) groups is 1. The molecule has 1 atom stereocenters. The van der Waals surface area contributed by atoms with Crippen molar-refractivity contribution >= 4 is 23.6 Å². The predicted octanol–water partition coefficient (Wildman–Crippen LogP) is 4.45. The zero-order valence-corrected chi connectivity index (χ0v) is 15.5. The Hall–Kier alpha value is -2.27. The number of aliphatic carboxylic acids is 1. The lowest BCUT2D eigenvalue weighted by Crippen LogP contribution is -2.04. The summed E-state index contributed by atoms with van der Waals surface area (Å²) < 4.78 is 7.34. The molecule has 134 valence electrons. The number of nitrogens with zero attached hydrogens (tertiary/aromatic N) is 2. The van der Waals surface area contributed by atoms with Crippen molar-refractivity contribution in [1.29, 1.82) is 0 Å². The van der Waals surface area contributed by atoms with E-state index >= 15 is 0 Å². The molecule has 0 amide bonds. The summed E-state index contributed by atoms with van der Waals surface area (Å²) in [4.78, 5) is 15.7. The van der Waals surface area contributed by atoms with Crippen molar-refractivity contribution < 1.29 is 14.6 Å². The summed E-state index contributed by atoms with van der Waals surface area (Å²) in [5, 5.41) is 9.42. The zero-order valence-electron chi connectivity index (χ0n) is 14.7. The molecule has 1 N–H and O–H groups in total. The van der Waals surface area contributed by atoms with Gasteiger partial charge >= 0.3 is 5.97 Å². The Labute approximate surface area is 152 Å². The minimum atomic E-state index is -0.923. The van der Waals surface area contributed by atoms with Crippen LogP contribution in [0.5, 0.6) is 5.75 Å². The van der Waals surface area contributed by atoms with E-state index in [0.29, 0.717) is 24.2 Å². The molecule has 0 radical (unpaired) electrons. The average Bonchev–Trinajstić information content (AvgIpc) is 3.03. The Morgan fingerprint density at radius 1 is 1.48 bits per heavy atom. The van der Waals surface area contributed by atoms with Crippen LogP contribution >= 0.6 is 11.6 Å². The molecule has 0 fully saturated rings. The van der Waals surface area contributed by atoms with Gasteiger partial charge in [0.2, 0.25) is 0 Å². The number of alkyl halides is 1. The van der Waals surface area contributed by atoms with E-state index in [2.05, 4.69) is 4.98 Å². The molecule has 0 aliphatic heterocycles. The van der Waals surface area contributed by atoms with Crippen LogP contribution in [-0.4, -0.2) is 33.1 Å². The second-order valence-electron chi connectivity index (χ2n) is 5.87. The lowest BCUT2D eigenvalue weighted by atomic mass is 10.0. The minimum Gasteiger partial charge on any atom is -0.495 e. The van der Waals surface area contributed by atoms with Crippen LogP contribution in [0, 0.1) is 6.92 Å². The lowest BCUT2D eigenvalue weighted by molar-refractivity contribution is -0.132. The number of methoxy groups -OCH3 is 1. The molecule has 0 saturated heterocycles. The third-order valence-electron chi connectivity index (χ3n) is 3.98. The second kappa shape index (κ2) is 8.72. The topological polar surface area (TPSA) is 64.4 Å². The molecule has 1 unspecified atom stereocenters. The highest BCUT2D eigenvalue weighted by molar-refractivity contribution is 6.20. The molecule has 0 bridgehead atoms. The van der Waals surface area contributed by atoms with Crippen molar-refractivity contribution in [3.8, 4) is 11.4 Å². The summed E-state index contributed by atoms with van der Waals surface area (Å²) in [6.07, 6.45) is 7.19. The van der Waals surface area contributed by atoms with E-state index < -0.39 is 5.97 Å². The monoisotopic (exact) mass is 362 g/mol. The van der Waals surface area contributed by atoms with Crippen LogP contribution in [0.4, 0.5) is 0 Å². The Morgan fingerprint density at radius 3 is 2.80 bits per heavy atom. The van der Waals surface area contributed by atoms with Gasteiger partial charge in [0, 0.05) is 17.1 Å². The molecule has 0 saturated carbocycles. The zero-order chi connectivity index (χ0) is 18.4. The largest absolute Gasteiger partial charge is 0.495 e. The standard InChI is InChI=1S/C19H23ClN2O3/c1-4-16(20)7-6-15(19(23)24)9-14-5-8-17(18(10-14)25-3)22-11-13(2)21-12-22/h5,8-12,16H,4,6-7H2,1-3H3,(H,23,24)/b15-9-. The van der Waals surface area contributed by atoms with Gasteiger partial charge in [-0.2, -0.15) is 0 Å². The summed E-state index contributed by atoms with van der Waals surface area (Å²) in [7, 11) is 1.59. The summed E-state index contributed by atoms with van der Waals surface area (Å²) in [5.41, 5.74) is 2.87. The Kier molecular flexibility index (Phi) is 6.65. The third kappa shape index (κ3) is 5.10. The molecule has 1 aromatic carbocycles. The molecule has 25 heavy (non-hydrogen) atoms. The summed E-state index contributed by atoms with van der Waals surface area (Å²) in [6.45, 7) is 3.91. The normalized spacial score (nSPS) is 12.9. The van der Waals surface area contributed by atoms with Gasteiger partial charge in [-0.05, 0) is 50.0 Å². The van der Waals surface area contributed by atoms with Gasteiger partial charge < -0.3 is 14.4 Å². The first-order valence-corrected chi connectivity index (χ1v) is 8.65. The fraction of sp³-hybridized carbons (Fsp3) is 0.368. The summed E-state index contributed by atoms with van der Waals surface area (Å²) >= 11 is 6.11. The Morgan fingerprint density at radius 2 is 2.24 bits per heavy atom.